The van der Waals surface area contributed by atoms with Gasteiger partial charge in [0.2, 0.25) is 11.8 Å². The average molecular weight is 232 g/mol. The zero-order valence-corrected chi connectivity index (χ0v) is 9.82. The minimum atomic E-state index is 0.00641. The van der Waals surface area contributed by atoms with Crippen LogP contribution in [0.5, 0.6) is 0 Å². The van der Waals surface area contributed by atoms with E-state index in [4.69, 9.17) is 0 Å². The predicted octanol–water partition coefficient (Wildman–Crippen LogP) is 1.99. The lowest BCUT2D eigenvalue weighted by molar-refractivity contribution is -0.119. The van der Waals surface area contributed by atoms with Gasteiger partial charge in [0.1, 0.15) is 0 Å². The molecule has 1 unspecified atom stereocenters. The Morgan fingerprint density at radius 3 is 2.65 bits per heavy atom. The third-order valence-corrected chi connectivity index (χ3v) is 2.91. The fraction of sp³-hybridized carbons (Fsp3) is 0.385. The molecule has 1 aliphatic rings. The molecule has 2 N–H and O–H groups in total. The van der Waals surface area contributed by atoms with Crippen LogP contribution in [0.25, 0.3) is 0 Å². The Hall–Kier alpha value is -1.84. The van der Waals surface area contributed by atoms with Crippen LogP contribution in [0.4, 0.5) is 5.69 Å². The van der Waals surface area contributed by atoms with E-state index in [1.165, 1.54) is 0 Å². The lowest BCUT2D eigenvalue weighted by atomic mass is 10.1. The van der Waals surface area contributed by atoms with Gasteiger partial charge in [-0.2, -0.15) is 0 Å². The van der Waals surface area contributed by atoms with Crippen molar-refractivity contribution >= 4 is 17.5 Å². The number of hydrogen-bond acceptors (Lipinski definition) is 2. The van der Waals surface area contributed by atoms with E-state index in [2.05, 4.69) is 10.6 Å². The van der Waals surface area contributed by atoms with Gasteiger partial charge in [-0.25, -0.2) is 0 Å². The van der Waals surface area contributed by atoms with Gasteiger partial charge in [0.15, 0.2) is 0 Å². The number of hydrogen-bond donors (Lipinski definition) is 2. The number of nitrogens with one attached hydrogen (secondary N) is 2. The van der Waals surface area contributed by atoms with Gasteiger partial charge in [0, 0.05) is 18.5 Å². The van der Waals surface area contributed by atoms with Crippen molar-refractivity contribution in [2.24, 2.45) is 0 Å². The maximum atomic E-state index is 11.2. The summed E-state index contributed by atoms with van der Waals surface area (Å²) in [7, 11) is 0. The van der Waals surface area contributed by atoms with Crippen LogP contribution >= 0.6 is 0 Å². The van der Waals surface area contributed by atoms with E-state index >= 15 is 0 Å². The highest BCUT2D eigenvalue weighted by atomic mass is 16.2. The van der Waals surface area contributed by atoms with Gasteiger partial charge < -0.3 is 10.6 Å². The molecule has 2 rings (SSSR count). The van der Waals surface area contributed by atoms with Gasteiger partial charge in [0.25, 0.3) is 0 Å². The number of anilines is 1. The number of carbonyl (C=O) groups is 2. The zero-order chi connectivity index (χ0) is 12.3. The molecule has 1 saturated heterocycles. The first-order valence-corrected chi connectivity index (χ1v) is 5.88. The molecule has 0 radical (unpaired) electrons. The SMILES string of the molecule is CCC(=O)Nc1ccc(C2CCC(=O)N2)cc1. The van der Waals surface area contributed by atoms with Gasteiger partial charge in [-0.15, -0.1) is 0 Å². The van der Waals surface area contributed by atoms with Crippen LogP contribution in [-0.4, -0.2) is 11.8 Å². The molecule has 1 fully saturated rings. The quantitative estimate of drug-likeness (QED) is 0.837. The summed E-state index contributed by atoms with van der Waals surface area (Å²) in [5.41, 5.74) is 1.88. The summed E-state index contributed by atoms with van der Waals surface area (Å²) in [6, 6.07) is 7.75. The summed E-state index contributed by atoms with van der Waals surface area (Å²) in [5.74, 6) is 0.116. The third kappa shape index (κ3) is 2.84. The molecule has 0 aliphatic carbocycles. The molecule has 0 spiro atoms. The summed E-state index contributed by atoms with van der Waals surface area (Å²) in [6.07, 6.45) is 1.92. The summed E-state index contributed by atoms with van der Waals surface area (Å²) in [6.45, 7) is 1.82. The van der Waals surface area contributed by atoms with Crippen LogP contribution in [-0.2, 0) is 9.59 Å². The highest BCUT2D eigenvalue weighted by Crippen LogP contribution is 2.24. The second-order valence-electron chi connectivity index (χ2n) is 4.18. The molecule has 0 saturated carbocycles. The molecule has 1 aliphatic heterocycles. The molecule has 4 nitrogen and oxygen atoms in total. The molecule has 1 heterocycles. The van der Waals surface area contributed by atoms with Gasteiger partial charge in [-0.3, -0.25) is 9.59 Å². The summed E-state index contributed by atoms with van der Waals surface area (Å²) in [4.78, 5) is 22.3. The number of rotatable bonds is 3. The number of carbonyl (C=O) groups excluding carboxylic acids is 2. The maximum absolute atomic E-state index is 11.2. The molecule has 0 aromatic heterocycles. The second kappa shape index (κ2) is 4.99. The van der Waals surface area contributed by atoms with Crippen LogP contribution in [0.3, 0.4) is 0 Å². The summed E-state index contributed by atoms with van der Waals surface area (Å²) < 4.78 is 0. The fourth-order valence-corrected chi connectivity index (χ4v) is 1.91. The average Bonchev–Trinajstić information content (AvgIpc) is 2.77. The van der Waals surface area contributed by atoms with E-state index in [9.17, 15) is 9.59 Å². The third-order valence-electron chi connectivity index (χ3n) is 2.91. The first-order chi connectivity index (χ1) is 8.19. The second-order valence-corrected chi connectivity index (χ2v) is 4.18. The van der Waals surface area contributed by atoms with Crippen LogP contribution in [0, 0.1) is 0 Å². The Bertz CT molecular complexity index is 426. The van der Waals surface area contributed by atoms with Crippen molar-refractivity contribution in [1.82, 2.24) is 5.32 Å². The smallest absolute Gasteiger partial charge is 0.224 e. The summed E-state index contributed by atoms with van der Waals surface area (Å²) >= 11 is 0. The van der Waals surface area contributed by atoms with Crippen molar-refractivity contribution in [2.75, 3.05) is 5.32 Å². The monoisotopic (exact) mass is 232 g/mol. The van der Waals surface area contributed by atoms with E-state index in [-0.39, 0.29) is 17.9 Å². The Labute approximate surface area is 100 Å². The zero-order valence-electron chi connectivity index (χ0n) is 9.82. The molecule has 4 heteroatoms. The van der Waals surface area contributed by atoms with Gasteiger partial charge >= 0.3 is 0 Å². The molecule has 1 aromatic carbocycles. The Kier molecular flexibility index (Phi) is 3.42. The molecule has 0 bridgehead atoms. The maximum Gasteiger partial charge on any atom is 0.224 e. The van der Waals surface area contributed by atoms with Gasteiger partial charge in [-0.05, 0) is 24.1 Å². The first-order valence-electron chi connectivity index (χ1n) is 5.88. The number of benzene rings is 1. The topological polar surface area (TPSA) is 58.2 Å². The Morgan fingerprint density at radius 2 is 2.12 bits per heavy atom. The largest absolute Gasteiger partial charge is 0.349 e. The van der Waals surface area contributed by atoms with Crippen molar-refractivity contribution in [2.45, 2.75) is 32.2 Å². The highest BCUT2D eigenvalue weighted by Gasteiger charge is 2.21. The van der Waals surface area contributed by atoms with E-state index < -0.39 is 0 Å². The fourth-order valence-electron chi connectivity index (χ4n) is 1.91. The van der Waals surface area contributed by atoms with E-state index in [0.29, 0.717) is 12.8 Å². The van der Waals surface area contributed by atoms with Crippen LogP contribution in [0.2, 0.25) is 0 Å². The predicted molar refractivity (Wildman–Crippen MR) is 65.5 cm³/mol. The highest BCUT2D eigenvalue weighted by molar-refractivity contribution is 5.90. The number of amides is 2. The van der Waals surface area contributed by atoms with E-state index in [1.807, 2.05) is 31.2 Å². The lowest BCUT2D eigenvalue weighted by Crippen LogP contribution is -2.18. The van der Waals surface area contributed by atoms with E-state index in [0.717, 1.165) is 17.7 Å². The van der Waals surface area contributed by atoms with E-state index in [1.54, 1.807) is 0 Å². The molecule has 2 amide bonds. The minimum absolute atomic E-state index is 0.00641. The van der Waals surface area contributed by atoms with Crippen molar-refractivity contribution in [3.8, 4) is 0 Å². The molecular formula is C13H16N2O2. The standard InChI is InChI=1S/C13H16N2O2/c1-2-12(16)14-10-5-3-9(4-6-10)11-7-8-13(17)15-11/h3-6,11H,2,7-8H2,1H3,(H,14,16)(H,15,17). The van der Waals surface area contributed by atoms with Crippen LogP contribution < -0.4 is 10.6 Å². The van der Waals surface area contributed by atoms with Crippen LogP contribution in [0.1, 0.15) is 37.8 Å². The molecular weight excluding hydrogens is 216 g/mol. The Morgan fingerprint density at radius 1 is 1.41 bits per heavy atom. The normalized spacial score (nSPS) is 18.9. The summed E-state index contributed by atoms with van der Waals surface area (Å²) in [5, 5.41) is 5.71. The van der Waals surface area contributed by atoms with Crippen molar-refractivity contribution in [3.05, 3.63) is 29.8 Å². The Balaban J connectivity index is 2.02. The van der Waals surface area contributed by atoms with Crippen LogP contribution in [0.15, 0.2) is 24.3 Å². The van der Waals surface area contributed by atoms with Crippen molar-refractivity contribution in [3.63, 3.8) is 0 Å². The molecule has 1 atom stereocenters. The van der Waals surface area contributed by atoms with Gasteiger partial charge in [0.05, 0.1) is 6.04 Å². The molecule has 1 aromatic rings. The van der Waals surface area contributed by atoms with Crippen molar-refractivity contribution in [1.29, 1.82) is 0 Å². The van der Waals surface area contributed by atoms with Gasteiger partial charge in [-0.1, -0.05) is 19.1 Å². The lowest BCUT2D eigenvalue weighted by Gasteiger charge is -2.11. The molecule has 90 valence electrons. The van der Waals surface area contributed by atoms with Crippen molar-refractivity contribution < 1.29 is 9.59 Å². The first kappa shape index (κ1) is 11.6. The molecule has 17 heavy (non-hydrogen) atoms. The minimum Gasteiger partial charge on any atom is -0.349 e.